The van der Waals surface area contributed by atoms with Gasteiger partial charge >= 0.3 is 0 Å². The fraction of sp³-hybridized carbons (Fsp3) is 0.520. The fourth-order valence-corrected chi connectivity index (χ4v) is 6.93. The Kier molecular flexibility index (Phi) is 6.56. The van der Waals surface area contributed by atoms with E-state index in [-0.39, 0.29) is 24.6 Å². The maximum atomic E-state index is 12.6. The first-order valence-corrected chi connectivity index (χ1v) is 13.9. The molecule has 0 spiro atoms. The van der Waals surface area contributed by atoms with Crippen LogP contribution >= 0.6 is 0 Å². The number of hydrogen-bond acceptors (Lipinski definition) is 7. The first-order valence-electron chi connectivity index (χ1n) is 12.3. The van der Waals surface area contributed by atoms with E-state index in [2.05, 4.69) is 27.0 Å². The smallest absolute Gasteiger partial charge is 0.215 e. The van der Waals surface area contributed by atoms with E-state index in [0.29, 0.717) is 38.4 Å². The molecule has 10 nitrogen and oxygen atoms in total. The number of aromatic nitrogens is 2. The van der Waals surface area contributed by atoms with Gasteiger partial charge in [0.15, 0.2) is 0 Å². The molecule has 4 heterocycles. The van der Waals surface area contributed by atoms with Gasteiger partial charge < -0.3 is 4.98 Å². The minimum atomic E-state index is -3.43. The molecule has 188 valence electrons. The Labute approximate surface area is 210 Å². The van der Waals surface area contributed by atoms with Crippen molar-refractivity contribution in [3.63, 3.8) is 0 Å². The number of nitriles is 2. The molecule has 2 aromatic heterocycles. The van der Waals surface area contributed by atoms with Crippen LogP contribution in [0.1, 0.15) is 44.1 Å². The van der Waals surface area contributed by atoms with E-state index in [1.165, 1.54) is 4.31 Å². The van der Waals surface area contributed by atoms with Crippen LogP contribution in [0, 0.1) is 22.7 Å². The molecule has 2 aliphatic heterocycles. The van der Waals surface area contributed by atoms with Crippen LogP contribution in [0.2, 0.25) is 0 Å². The van der Waals surface area contributed by atoms with Crippen LogP contribution in [0.5, 0.6) is 0 Å². The number of nitrogens with one attached hydrogen (secondary N) is 1. The topological polar surface area (TPSA) is 137 Å². The highest BCUT2D eigenvalue weighted by molar-refractivity contribution is 7.89. The number of carbonyl (C=O) groups excluding carboxylic acids is 1. The van der Waals surface area contributed by atoms with E-state index in [1.54, 1.807) is 4.90 Å². The van der Waals surface area contributed by atoms with Gasteiger partial charge in [0.25, 0.3) is 0 Å². The molecular formula is C25H29N7O3S. The summed E-state index contributed by atoms with van der Waals surface area (Å²) in [5.41, 5.74) is 2.46. The predicted octanol–water partition coefficient (Wildman–Crippen LogP) is 2.38. The summed E-state index contributed by atoms with van der Waals surface area (Å²) < 4.78 is 26.7. The Bertz CT molecular complexity index is 1370. The molecule has 0 unspecified atom stereocenters. The number of carbonyl (C=O) groups is 1. The van der Waals surface area contributed by atoms with E-state index in [9.17, 15) is 18.5 Å². The molecule has 0 radical (unpaired) electrons. The average molecular weight is 508 g/mol. The standard InChI is InChI=1S/C25H29N7O3S/c26-9-1-2-14-36(34,35)31-16-25(17-31,8-10-27)30-12-6-19(7-13-30)22-15-23(32(18-33)20-3-4-20)29-24-21(22)5-11-28-24/h5-6,11,15,18,20H,1-4,7-8,12-14,16-17H2,(H,28,29). The van der Waals surface area contributed by atoms with Crippen LogP contribution in [0.4, 0.5) is 5.82 Å². The van der Waals surface area contributed by atoms with Crippen LogP contribution in [0.25, 0.3) is 16.6 Å². The summed E-state index contributed by atoms with van der Waals surface area (Å²) in [6, 6.07) is 8.45. The predicted molar refractivity (Wildman–Crippen MR) is 135 cm³/mol. The van der Waals surface area contributed by atoms with E-state index < -0.39 is 15.6 Å². The summed E-state index contributed by atoms with van der Waals surface area (Å²) in [6.07, 6.45) is 8.38. The molecule has 3 aliphatic rings. The Morgan fingerprint density at radius 2 is 2.08 bits per heavy atom. The van der Waals surface area contributed by atoms with E-state index >= 15 is 0 Å². The summed E-state index contributed by atoms with van der Waals surface area (Å²) in [5, 5.41) is 19.2. The second-order valence-corrected chi connectivity index (χ2v) is 11.9. The number of H-pyrrole nitrogens is 1. The van der Waals surface area contributed by atoms with Gasteiger partial charge in [-0.2, -0.15) is 14.8 Å². The number of rotatable bonds is 10. The van der Waals surface area contributed by atoms with Gasteiger partial charge in [-0.25, -0.2) is 13.4 Å². The van der Waals surface area contributed by atoms with Gasteiger partial charge in [-0.1, -0.05) is 6.08 Å². The third-order valence-corrected chi connectivity index (χ3v) is 9.34. The van der Waals surface area contributed by atoms with Crippen LogP contribution in [0.15, 0.2) is 24.4 Å². The summed E-state index contributed by atoms with van der Waals surface area (Å²) in [7, 11) is -3.43. The third kappa shape index (κ3) is 4.50. The van der Waals surface area contributed by atoms with Gasteiger partial charge in [-0.15, -0.1) is 0 Å². The number of unbranched alkanes of at least 4 members (excludes halogenated alkanes) is 1. The highest BCUT2D eigenvalue weighted by Crippen LogP contribution is 2.39. The van der Waals surface area contributed by atoms with E-state index in [1.807, 2.05) is 24.4 Å². The third-order valence-electron chi connectivity index (χ3n) is 7.49. The lowest BCUT2D eigenvalue weighted by atomic mass is 9.84. The van der Waals surface area contributed by atoms with Crippen molar-refractivity contribution < 1.29 is 13.2 Å². The average Bonchev–Trinajstić information content (AvgIpc) is 3.56. The maximum Gasteiger partial charge on any atom is 0.215 e. The number of sulfonamides is 1. The molecule has 5 rings (SSSR count). The first-order chi connectivity index (χ1) is 17.4. The zero-order valence-corrected chi connectivity index (χ0v) is 20.9. The normalized spacial score (nSPS) is 20.2. The number of anilines is 1. The fourth-order valence-electron chi connectivity index (χ4n) is 5.29. The number of fused-ring (bicyclic) bond motifs is 1. The minimum Gasteiger partial charge on any atom is -0.346 e. The van der Waals surface area contributed by atoms with Crippen LogP contribution in [-0.2, 0) is 14.8 Å². The summed E-state index contributed by atoms with van der Waals surface area (Å²) in [6.45, 7) is 1.92. The van der Waals surface area contributed by atoms with Gasteiger partial charge in [0.1, 0.15) is 11.5 Å². The van der Waals surface area contributed by atoms with Gasteiger partial charge in [0.05, 0.1) is 29.9 Å². The monoisotopic (exact) mass is 507 g/mol. The van der Waals surface area contributed by atoms with E-state index in [4.69, 9.17) is 5.26 Å². The molecular weight excluding hydrogens is 478 g/mol. The lowest BCUT2D eigenvalue weighted by Crippen LogP contribution is -2.71. The van der Waals surface area contributed by atoms with Gasteiger partial charge in [0, 0.05) is 50.2 Å². The van der Waals surface area contributed by atoms with Gasteiger partial charge in [-0.3, -0.25) is 14.6 Å². The molecule has 0 aromatic carbocycles. The molecule has 2 fully saturated rings. The molecule has 0 atom stereocenters. The summed E-state index contributed by atoms with van der Waals surface area (Å²) in [4.78, 5) is 23.5. The highest BCUT2D eigenvalue weighted by Gasteiger charge is 2.51. The number of amides is 1. The maximum absolute atomic E-state index is 12.6. The van der Waals surface area contributed by atoms with Crippen molar-refractivity contribution in [3.8, 4) is 12.1 Å². The minimum absolute atomic E-state index is 0.0387. The molecule has 1 saturated heterocycles. The second kappa shape index (κ2) is 9.66. The molecule has 36 heavy (non-hydrogen) atoms. The number of aromatic amines is 1. The number of nitrogens with zero attached hydrogens (tertiary/aromatic N) is 6. The summed E-state index contributed by atoms with van der Waals surface area (Å²) >= 11 is 0. The zero-order chi connectivity index (χ0) is 25.3. The van der Waals surface area contributed by atoms with Gasteiger partial charge in [-0.05, 0) is 49.0 Å². The number of hydrogen-bond donors (Lipinski definition) is 1. The number of pyridine rings is 1. The molecule has 2 aromatic rings. The van der Waals surface area contributed by atoms with E-state index in [0.717, 1.165) is 47.8 Å². The molecule has 0 bridgehead atoms. The second-order valence-electron chi connectivity index (χ2n) is 9.84. The van der Waals surface area contributed by atoms with Crippen LogP contribution in [0.3, 0.4) is 0 Å². The van der Waals surface area contributed by atoms with Crippen molar-refractivity contribution in [2.45, 2.75) is 50.1 Å². The lowest BCUT2D eigenvalue weighted by molar-refractivity contribution is -0.107. The Morgan fingerprint density at radius 3 is 2.72 bits per heavy atom. The molecule has 11 heteroatoms. The van der Waals surface area contributed by atoms with Crippen molar-refractivity contribution in [3.05, 3.63) is 30.0 Å². The van der Waals surface area contributed by atoms with Crippen molar-refractivity contribution in [2.75, 3.05) is 36.8 Å². The van der Waals surface area contributed by atoms with Gasteiger partial charge in [0.2, 0.25) is 16.4 Å². The van der Waals surface area contributed by atoms with Crippen molar-refractivity contribution in [2.24, 2.45) is 0 Å². The highest BCUT2D eigenvalue weighted by atomic mass is 32.2. The Morgan fingerprint density at radius 1 is 1.28 bits per heavy atom. The largest absolute Gasteiger partial charge is 0.346 e. The Balaban J connectivity index is 1.34. The summed E-state index contributed by atoms with van der Waals surface area (Å²) in [5.74, 6) is 0.612. The molecule has 1 saturated carbocycles. The molecule has 1 N–H and O–H groups in total. The van der Waals surface area contributed by atoms with Crippen LogP contribution in [-0.4, -0.2) is 77.5 Å². The van der Waals surface area contributed by atoms with Crippen molar-refractivity contribution in [1.29, 1.82) is 10.5 Å². The molecule has 1 aliphatic carbocycles. The quantitative estimate of drug-likeness (QED) is 0.385. The lowest BCUT2D eigenvalue weighted by Gasteiger charge is -2.55. The van der Waals surface area contributed by atoms with Crippen molar-refractivity contribution in [1.82, 2.24) is 19.2 Å². The molecule has 1 amide bonds. The van der Waals surface area contributed by atoms with Crippen molar-refractivity contribution >= 4 is 38.9 Å². The first kappa shape index (κ1) is 24.4. The van der Waals surface area contributed by atoms with Crippen LogP contribution < -0.4 is 4.90 Å². The Hall–Kier alpha value is -3.25. The SMILES string of the molecule is N#CCCCS(=O)(=O)N1CC(CC#N)(N2CC=C(c3cc(N(C=O)C4CC4)nc4[nH]ccc34)CC2)C1. The zero-order valence-electron chi connectivity index (χ0n) is 20.1.